The first kappa shape index (κ1) is 17.2. The Balaban J connectivity index is 1.69. The van der Waals surface area contributed by atoms with Crippen molar-refractivity contribution in [3.8, 4) is 0 Å². The highest BCUT2D eigenvalue weighted by atomic mass is 32.1. The fraction of sp³-hybridized carbons (Fsp3) is 0.500. The first-order valence-electron chi connectivity index (χ1n) is 9.00. The van der Waals surface area contributed by atoms with Crippen molar-refractivity contribution in [1.29, 1.82) is 0 Å². The van der Waals surface area contributed by atoms with Gasteiger partial charge in [0.25, 0.3) is 11.5 Å². The van der Waals surface area contributed by atoms with Crippen LogP contribution in [0.3, 0.4) is 0 Å². The number of carbonyl (C=O) groups is 1. The molecule has 2 aromatic heterocycles. The van der Waals surface area contributed by atoms with E-state index in [0.717, 1.165) is 31.6 Å². The summed E-state index contributed by atoms with van der Waals surface area (Å²) < 4.78 is 1.57. The molecule has 8 heteroatoms. The second-order valence-corrected chi connectivity index (χ2v) is 7.61. The summed E-state index contributed by atoms with van der Waals surface area (Å²) >= 11 is 1.41. The van der Waals surface area contributed by atoms with E-state index in [2.05, 4.69) is 4.90 Å². The molecule has 4 rings (SSSR count). The fourth-order valence-corrected chi connectivity index (χ4v) is 4.38. The van der Waals surface area contributed by atoms with Crippen molar-refractivity contribution < 1.29 is 9.90 Å². The molecule has 0 spiro atoms. The number of fused-ring (bicyclic) bond motifs is 1. The van der Waals surface area contributed by atoms with E-state index in [1.54, 1.807) is 15.5 Å². The summed E-state index contributed by atoms with van der Waals surface area (Å²) in [6, 6.07) is 3.66. The molecule has 7 nitrogen and oxygen atoms in total. The minimum absolute atomic E-state index is 0.0395. The van der Waals surface area contributed by atoms with Gasteiger partial charge < -0.3 is 14.9 Å². The first-order chi connectivity index (χ1) is 12.7. The lowest BCUT2D eigenvalue weighted by atomic mass is 10.1. The molecule has 1 amide bonds. The number of amides is 1. The molecule has 0 aliphatic carbocycles. The van der Waals surface area contributed by atoms with E-state index in [9.17, 15) is 14.7 Å². The number of hydrogen-bond donors (Lipinski definition) is 1. The van der Waals surface area contributed by atoms with Crippen LogP contribution in [0.1, 0.15) is 33.8 Å². The zero-order chi connectivity index (χ0) is 18.1. The Kier molecular flexibility index (Phi) is 4.78. The van der Waals surface area contributed by atoms with Crippen LogP contribution in [0, 0.1) is 0 Å². The smallest absolute Gasteiger partial charge is 0.264 e. The average molecular weight is 374 g/mol. The topological polar surface area (TPSA) is 78.7 Å². The van der Waals surface area contributed by atoms with Crippen LogP contribution in [0.15, 0.2) is 22.3 Å². The SMILES string of the molecule is O=C(c1cccs1)N1CCc2nc(N3CCCC3)n(CCO)c(=O)c2C1. The largest absolute Gasteiger partial charge is 0.395 e. The first-order valence-corrected chi connectivity index (χ1v) is 9.88. The van der Waals surface area contributed by atoms with Crippen molar-refractivity contribution in [2.24, 2.45) is 0 Å². The van der Waals surface area contributed by atoms with Crippen LogP contribution < -0.4 is 10.5 Å². The zero-order valence-corrected chi connectivity index (χ0v) is 15.4. The molecular formula is C18H22N4O3S. The minimum Gasteiger partial charge on any atom is -0.395 e. The summed E-state index contributed by atoms with van der Waals surface area (Å²) in [6.45, 7) is 2.74. The van der Waals surface area contributed by atoms with Gasteiger partial charge in [0.15, 0.2) is 0 Å². The maximum Gasteiger partial charge on any atom is 0.264 e. The number of aliphatic hydroxyl groups excluding tert-OH is 1. The molecule has 26 heavy (non-hydrogen) atoms. The summed E-state index contributed by atoms with van der Waals surface area (Å²) in [6.07, 6.45) is 2.77. The Labute approximate surface area is 155 Å². The third-order valence-electron chi connectivity index (χ3n) is 5.03. The van der Waals surface area contributed by atoms with Crippen LogP contribution in [-0.4, -0.2) is 51.7 Å². The van der Waals surface area contributed by atoms with Gasteiger partial charge in [-0.3, -0.25) is 14.2 Å². The van der Waals surface area contributed by atoms with Gasteiger partial charge in [-0.2, -0.15) is 0 Å². The number of aliphatic hydroxyl groups is 1. The van der Waals surface area contributed by atoms with Gasteiger partial charge in [0.1, 0.15) is 0 Å². The predicted molar refractivity (Wildman–Crippen MR) is 99.8 cm³/mol. The van der Waals surface area contributed by atoms with Crippen molar-refractivity contribution in [1.82, 2.24) is 14.5 Å². The molecule has 138 valence electrons. The van der Waals surface area contributed by atoms with Gasteiger partial charge in [-0.1, -0.05) is 6.07 Å². The molecule has 0 bridgehead atoms. The van der Waals surface area contributed by atoms with Crippen LogP contribution in [0.5, 0.6) is 0 Å². The highest BCUT2D eigenvalue weighted by molar-refractivity contribution is 7.12. The Morgan fingerprint density at radius 2 is 2.08 bits per heavy atom. The third-order valence-corrected chi connectivity index (χ3v) is 5.89. The molecule has 1 N–H and O–H groups in total. The van der Waals surface area contributed by atoms with E-state index in [1.165, 1.54) is 11.3 Å². The normalized spacial score (nSPS) is 16.8. The summed E-state index contributed by atoms with van der Waals surface area (Å²) in [5.41, 5.74) is 1.24. The van der Waals surface area contributed by atoms with Gasteiger partial charge in [0.05, 0.1) is 35.8 Å². The monoisotopic (exact) mass is 374 g/mol. The summed E-state index contributed by atoms with van der Waals surface area (Å²) in [5.74, 6) is 0.626. The van der Waals surface area contributed by atoms with E-state index >= 15 is 0 Å². The highest BCUT2D eigenvalue weighted by Crippen LogP contribution is 2.23. The van der Waals surface area contributed by atoms with E-state index in [-0.39, 0.29) is 31.2 Å². The Bertz CT molecular complexity index is 856. The lowest BCUT2D eigenvalue weighted by Gasteiger charge is -2.30. The maximum atomic E-state index is 13.1. The molecule has 0 saturated carbocycles. The average Bonchev–Trinajstić information content (AvgIpc) is 3.37. The Hall–Kier alpha value is -2.19. The standard InChI is InChI=1S/C18H22N4O3S/c23-10-9-22-16(24)13-12-21(17(25)15-4-3-11-26-15)8-5-14(13)19-18(22)20-6-1-2-7-20/h3-4,11,23H,1-2,5-10,12H2. The van der Waals surface area contributed by atoms with Crippen molar-refractivity contribution in [2.45, 2.75) is 32.4 Å². The zero-order valence-electron chi connectivity index (χ0n) is 14.6. The Morgan fingerprint density at radius 1 is 1.27 bits per heavy atom. The number of anilines is 1. The number of carbonyl (C=O) groups excluding carboxylic acids is 1. The highest BCUT2D eigenvalue weighted by Gasteiger charge is 2.28. The van der Waals surface area contributed by atoms with E-state index in [0.29, 0.717) is 29.4 Å². The second kappa shape index (κ2) is 7.20. The van der Waals surface area contributed by atoms with Gasteiger partial charge >= 0.3 is 0 Å². The molecule has 2 aliphatic rings. The molecule has 1 fully saturated rings. The van der Waals surface area contributed by atoms with Crippen LogP contribution in [-0.2, 0) is 19.5 Å². The number of nitrogens with zero attached hydrogens (tertiary/aromatic N) is 4. The quantitative estimate of drug-likeness (QED) is 0.867. The molecule has 0 radical (unpaired) electrons. The van der Waals surface area contributed by atoms with Gasteiger partial charge in [-0.25, -0.2) is 4.98 Å². The number of thiophene rings is 1. The van der Waals surface area contributed by atoms with Crippen molar-refractivity contribution >= 4 is 23.2 Å². The van der Waals surface area contributed by atoms with Crippen LogP contribution in [0.2, 0.25) is 0 Å². The number of aromatic nitrogens is 2. The van der Waals surface area contributed by atoms with Gasteiger partial charge in [-0.15, -0.1) is 11.3 Å². The van der Waals surface area contributed by atoms with Crippen molar-refractivity contribution in [2.75, 3.05) is 31.1 Å². The minimum atomic E-state index is -0.130. The molecule has 0 atom stereocenters. The summed E-state index contributed by atoms with van der Waals surface area (Å²) in [7, 11) is 0. The summed E-state index contributed by atoms with van der Waals surface area (Å²) in [5, 5.41) is 11.3. The molecular weight excluding hydrogens is 352 g/mol. The predicted octanol–water partition coefficient (Wildman–Crippen LogP) is 1.10. The van der Waals surface area contributed by atoms with E-state index in [1.807, 2.05) is 11.4 Å². The molecule has 0 unspecified atom stereocenters. The number of rotatable bonds is 4. The third kappa shape index (κ3) is 3.03. The van der Waals surface area contributed by atoms with E-state index in [4.69, 9.17) is 4.98 Å². The van der Waals surface area contributed by atoms with Crippen LogP contribution >= 0.6 is 11.3 Å². The molecule has 1 saturated heterocycles. The van der Waals surface area contributed by atoms with Gasteiger partial charge in [-0.05, 0) is 24.3 Å². The van der Waals surface area contributed by atoms with Gasteiger partial charge in [0, 0.05) is 26.1 Å². The van der Waals surface area contributed by atoms with Crippen molar-refractivity contribution in [3.63, 3.8) is 0 Å². The molecule has 0 aromatic carbocycles. The Morgan fingerprint density at radius 3 is 2.77 bits per heavy atom. The van der Waals surface area contributed by atoms with Crippen LogP contribution in [0.25, 0.3) is 0 Å². The number of hydrogen-bond acceptors (Lipinski definition) is 6. The van der Waals surface area contributed by atoms with E-state index < -0.39 is 0 Å². The maximum absolute atomic E-state index is 13.1. The fourth-order valence-electron chi connectivity index (χ4n) is 3.69. The summed E-state index contributed by atoms with van der Waals surface area (Å²) in [4.78, 5) is 35.0. The van der Waals surface area contributed by atoms with Gasteiger partial charge in [0.2, 0.25) is 5.95 Å². The lowest BCUT2D eigenvalue weighted by molar-refractivity contribution is 0.0737. The van der Waals surface area contributed by atoms with Crippen molar-refractivity contribution in [3.05, 3.63) is 44.0 Å². The molecule has 2 aliphatic heterocycles. The lowest BCUT2D eigenvalue weighted by Crippen LogP contribution is -2.42. The molecule has 4 heterocycles. The van der Waals surface area contributed by atoms with Crippen LogP contribution in [0.4, 0.5) is 5.95 Å². The second-order valence-electron chi connectivity index (χ2n) is 6.67. The molecule has 2 aromatic rings.